The molecule has 12 heteroatoms. The fourth-order valence-corrected chi connectivity index (χ4v) is 3.35. The number of alkyl halides is 3. The van der Waals surface area contributed by atoms with Gasteiger partial charge in [0, 0.05) is 12.1 Å². The Bertz CT molecular complexity index is 1030. The van der Waals surface area contributed by atoms with E-state index in [1.165, 1.54) is 25.1 Å². The maximum absolute atomic E-state index is 14.1. The molecule has 1 aromatic carbocycles. The van der Waals surface area contributed by atoms with Crippen LogP contribution in [0.4, 0.5) is 23.2 Å². The Morgan fingerprint density at radius 3 is 2.41 bits per heavy atom. The summed E-state index contributed by atoms with van der Waals surface area (Å²) in [4.78, 5) is 15.7. The zero-order chi connectivity index (χ0) is 22.0. The number of aromatic nitrogens is 1. The van der Waals surface area contributed by atoms with Gasteiger partial charge in [-0.2, -0.15) is 13.2 Å². The van der Waals surface area contributed by atoms with E-state index in [9.17, 15) is 30.8 Å². The molecule has 0 saturated carbocycles. The van der Waals surface area contributed by atoms with Crippen molar-refractivity contribution in [2.24, 2.45) is 0 Å². The summed E-state index contributed by atoms with van der Waals surface area (Å²) in [6.45, 7) is 1.42. The zero-order valence-electron chi connectivity index (χ0n) is 15.1. The zero-order valence-corrected chi connectivity index (χ0v) is 17.5. The standard InChI is InChI=1S/C17H16BrF4N3O3S/c1-9(10-3-5-13(12(19)7-10)25-29(2,27)28)16(26)23-8-11-4-6-14(17(20,21)22)24-15(11)18/h3-7,9,25H,8H2,1-2H3,(H,23,26). The number of amides is 1. The Morgan fingerprint density at radius 2 is 1.90 bits per heavy atom. The third-order valence-corrected chi connectivity index (χ3v) is 5.13. The normalized spacial score (nSPS) is 13.1. The maximum Gasteiger partial charge on any atom is 0.433 e. The Balaban J connectivity index is 2.07. The van der Waals surface area contributed by atoms with Crippen LogP contribution < -0.4 is 10.0 Å². The monoisotopic (exact) mass is 497 g/mol. The van der Waals surface area contributed by atoms with E-state index >= 15 is 0 Å². The number of hydrogen-bond donors (Lipinski definition) is 2. The SMILES string of the molecule is CC(C(=O)NCc1ccc(C(F)(F)F)nc1Br)c1ccc(NS(C)(=O)=O)c(F)c1. The fraction of sp³-hybridized carbons (Fsp3) is 0.294. The first-order chi connectivity index (χ1) is 13.3. The molecular weight excluding hydrogens is 482 g/mol. The van der Waals surface area contributed by atoms with Gasteiger partial charge in [0.25, 0.3) is 0 Å². The summed E-state index contributed by atoms with van der Waals surface area (Å²) < 4.78 is 76.3. The van der Waals surface area contributed by atoms with Gasteiger partial charge in [0.2, 0.25) is 15.9 Å². The van der Waals surface area contributed by atoms with Crippen molar-refractivity contribution < 1.29 is 30.8 Å². The van der Waals surface area contributed by atoms with E-state index in [0.717, 1.165) is 18.4 Å². The molecule has 2 N–H and O–H groups in total. The number of benzene rings is 1. The topological polar surface area (TPSA) is 88.2 Å². The first-order valence-electron chi connectivity index (χ1n) is 8.05. The molecule has 0 spiro atoms. The number of carbonyl (C=O) groups excluding carboxylic acids is 1. The molecule has 0 bridgehead atoms. The lowest BCUT2D eigenvalue weighted by molar-refractivity contribution is -0.141. The molecule has 2 rings (SSSR count). The summed E-state index contributed by atoms with van der Waals surface area (Å²) in [5.41, 5.74) is -0.684. The van der Waals surface area contributed by atoms with Gasteiger partial charge in [0.15, 0.2) is 0 Å². The van der Waals surface area contributed by atoms with Crippen molar-refractivity contribution in [1.29, 1.82) is 0 Å². The molecule has 158 valence electrons. The van der Waals surface area contributed by atoms with Gasteiger partial charge in [-0.3, -0.25) is 9.52 Å². The van der Waals surface area contributed by atoms with Crippen LogP contribution in [-0.2, 0) is 27.5 Å². The third kappa shape index (κ3) is 6.39. The molecule has 0 fully saturated rings. The van der Waals surface area contributed by atoms with Crippen LogP contribution in [0, 0.1) is 5.82 Å². The van der Waals surface area contributed by atoms with E-state index < -0.39 is 39.5 Å². The van der Waals surface area contributed by atoms with Crippen LogP contribution in [0.25, 0.3) is 0 Å². The van der Waals surface area contributed by atoms with Crippen LogP contribution in [-0.4, -0.2) is 25.6 Å². The van der Waals surface area contributed by atoms with Gasteiger partial charge in [0.1, 0.15) is 16.1 Å². The molecule has 1 unspecified atom stereocenters. The molecule has 0 aliphatic rings. The van der Waals surface area contributed by atoms with Crippen molar-refractivity contribution in [3.63, 3.8) is 0 Å². The first kappa shape index (κ1) is 23.1. The molecule has 1 atom stereocenters. The van der Waals surface area contributed by atoms with Gasteiger partial charge in [-0.15, -0.1) is 0 Å². The maximum atomic E-state index is 14.1. The van der Waals surface area contributed by atoms with E-state index in [4.69, 9.17) is 0 Å². The summed E-state index contributed by atoms with van der Waals surface area (Å²) in [6, 6.07) is 5.63. The van der Waals surface area contributed by atoms with Gasteiger partial charge in [-0.1, -0.05) is 12.1 Å². The highest BCUT2D eigenvalue weighted by Crippen LogP contribution is 2.29. The van der Waals surface area contributed by atoms with Gasteiger partial charge in [0.05, 0.1) is 17.9 Å². The molecule has 0 aliphatic heterocycles. The van der Waals surface area contributed by atoms with Gasteiger partial charge in [-0.05, 0) is 46.6 Å². The molecule has 6 nitrogen and oxygen atoms in total. The highest BCUT2D eigenvalue weighted by Gasteiger charge is 2.32. The van der Waals surface area contributed by atoms with Crippen LogP contribution >= 0.6 is 15.9 Å². The van der Waals surface area contributed by atoms with Crippen LogP contribution in [0.5, 0.6) is 0 Å². The van der Waals surface area contributed by atoms with Crippen molar-refractivity contribution in [2.45, 2.75) is 25.6 Å². The third-order valence-electron chi connectivity index (χ3n) is 3.85. The van der Waals surface area contributed by atoms with E-state index in [2.05, 4.69) is 26.2 Å². The minimum Gasteiger partial charge on any atom is -0.351 e. The second-order valence-electron chi connectivity index (χ2n) is 6.20. The lowest BCUT2D eigenvalue weighted by Crippen LogP contribution is -2.28. The number of nitrogens with zero attached hydrogens (tertiary/aromatic N) is 1. The number of sulfonamides is 1. The summed E-state index contributed by atoms with van der Waals surface area (Å²) in [6.07, 6.45) is -3.70. The summed E-state index contributed by atoms with van der Waals surface area (Å²) in [5.74, 6) is -2.14. The molecule has 0 radical (unpaired) electrons. The fourth-order valence-electron chi connectivity index (χ4n) is 2.32. The minimum atomic E-state index is -4.58. The van der Waals surface area contributed by atoms with E-state index in [-0.39, 0.29) is 16.8 Å². The molecule has 2 aromatic rings. The average Bonchev–Trinajstić information content (AvgIpc) is 2.59. The van der Waals surface area contributed by atoms with Crippen molar-refractivity contribution in [3.05, 3.63) is 57.6 Å². The minimum absolute atomic E-state index is 0.0532. The Labute approximate surface area is 172 Å². The summed E-state index contributed by atoms with van der Waals surface area (Å²) in [7, 11) is -3.65. The largest absolute Gasteiger partial charge is 0.433 e. The van der Waals surface area contributed by atoms with Gasteiger partial charge < -0.3 is 5.32 Å². The second kappa shape index (κ2) is 8.66. The van der Waals surface area contributed by atoms with Gasteiger partial charge >= 0.3 is 6.18 Å². The molecule has 1 heterocycles. The summed E-state index contributed by atoms with van der Waals surface area (Å²) in [5, 5.41) is 2.54. The van der Waals surface area contributed by atoms with Gasteiger partial charge in [-0.25, -0.2) is 17.8 Å². The Hall–Kier alpha value is -2.21. The number of nitrogens with one attached hydrogen (secondary N) is 2. The number of halogens is 5. The smallest absolute Gasteiger partial charge is 0.351 e. The van der Waals surface area contributed by atoms with E-state index in [0.29, 0.717) is 11.1 Å². The Morgan fingerprint density at radius 1 is 1.24 bits per heavy atom. The molecule has 1 amide bonds. The van der Waals surface area contributed by atoms with Crippen LogP contribution in [0.15, 0.2) is 34.9 Å². The second-order valence-corrected chi connectivity index (χ2v) is 8.70. The number of pyridine rings is 1. The van der Waals surface area contributed by atoms with E-state index in [1.807, 2.05) is 4.72 Å². The molecular formula is C17H16BrF4N3O3S. The molecule has 0 saturated heterocycles. The molecule has 0 aliphatic carbocycles. The highest BCUT2D eigenvalue weighted by atomic mass is 79.9. The number of carbonyl (C=O) groups is 1. The van der Waals surface area contributed by atoms with Crippen molar-refractivity contribution in [2.75, 3.05) is 11.0 Å². The molecule has 1 aromatic heterocycles. The number of rotatable bonds is 6. The average molecular weight is 498 g/mol. The Kier molecular flexibility index (Phi) is 6.89. The van der Waals surface area contributed by atoms with Crippen molar-refractivity contribution in [3.8, 4) is 0 Å². The first-order valence-corrected chi connectivity index (χ1v) is 10.7. The van der Waals surface area contributed by atoms with Crippen molar-refractivity contribution in [1.82, 2.24) is 10.3 Å². The predicted molar refractivity (Wildman–Crippen MR) is 102 cm³/mol. The lowest BCUT2D eigenvalue weighted by atomic mass is 9.99. The quantitative estimate of drug-likeness (QED) is 0.469. The number of hydrogen-bond acceptors (Lipinski definition) is 4. The molecule has 29 heavy (non-hydrogen) atoms. The van der Waals surface area contributed by atoms with Crippen molar-refractivity contribution >= 4 is 37.5 Å². The van der Waals surface area contributed by atoms with E-state index in [1.54, 1.807) is 0 Å². The van der Waals surface area contributed by atoms with Crippen LogP contribution in [0.1, 0.15) is 29.7 Å². The number of anilines is 1. The van der Waals surface area contributed by atoms with Crippen LogP contribution in [0.3, 0.4) is 0 Å². The van der Waals surface area contributed by atoms with Crippen LogP contribution in [0.2, 0.25) is 0 Å². The summed E-state index contributed by atoms with van der Waals surface area (Å²) >= 11 is 2.95. The lowest BCUT2D eigenvalue weighted by Gasteiger charge is -2.15. The predicted octanol–water partition coefficient (Wildman–Crippen LogP) is 3.79. The highest BCUT2D eigenvalue weighted by molar-refractivity contribution is 9.10.